The quantitative estimate of drug-likeness (QED) is 0.609. The summed E-state index contributed by atoms with van der Waals surface area (Å²) in [6.07, 6.45) is 0.788. The molecule has 3 heteroatoms. The van der Waals surface area contributed by atoms with Gasteiger partial charge in [-0.2, -0.15) is 0 Å². The average Bonchev–Trinajstić information content (AvgIpc) is 2.29. The second-order valence-corrected chi connectivity index (χ2v) is 18.3. The van der Waals surface area contributed by atoms with E-state index in [-0.39, 0.29) is 0 Å². The van der Waals surface area contributed by atoms with Crippen LogP contribution in [0.4, 0.5) is 0 Å². The molecule has 0 radical (unpaired) electrons. The summed E-state index contributed by atoms with van der Waals surface area (Å²) in [5.74, 6) is 0.497. The van der Waals surface area contributed by atoms with E-state index in [1.165, 1.54) is 0 Å². The minimum atomic E-state index is -2.08. The van der Waals surface area contributed by atoms with E-state index in [0.717, 1.165) is 15.6 Å². The molecule has 12 heavy (non-hydrogen) atoms. The van der Waals surface area contributed by atoms with Crippen molar-refractivity contribution in [1.82, 2.24) is 0 Å². The number of hydrogen-bond acceptors (Lipinski definition) is 2. The van der Waals surface area contributed by atoms with Gasteiger partial charge in [0.2, 0.25) is 0 Å². The van der Waals surface area contributed by atoms with Crippen LogP contribution in [0.1, 0.15) is 16.1 Å². The fourth-order valence-corrected chi connectivity index (χ4v) is 4.02. The summed E-state index contributed by atoms with van der Waals surface area (Å²) in [5, 5.41) is 0. The zero-order valence-electron chi connectivity index (χ0n) is 7.97. The van der Waals surface area contributed by atoms with Crippen molar-refractivity contribution in [3.63, 3.8) is 0 Å². The third-order valence-electron chi connectivity index (χ3n) is 1.80. The van der Waals surface area contributed by atoms with E-state index in [2.05, 4.69) is 14.8 Å². The predicted molar refractivity (Wildman–Crippen MR) is 51.8 cm³/mol. The molecule has 0 spiro atoms. The van der Waals surface area contributed by atoms with Crippen molar-refractivity contribution in [2.75, 3.05) is 0 Å². The average molecular weight is 273 g/mol. The summed E-state index contributed by atoms with van der Waals surface area (Å²) in [6, 6.07) is 2.01. The molecular weight excluding hydrogens is 259 g/mol. The van der Waals surface area contributed by atoms with Gasteiger partial charge in [0, 0.05) is 0 Å². The summed E-state index contributed by atoms with van der Waals surface area (Å²) in [7, 11) is 0. The maximum atomic E-state index is 10.5. The maximum absolute atomic E-state index is 10.5. The van der Waals surface area contributed by atoms with E-state index in [9.17, 15) is 4.79 Å². The van der Waals surface area contributed by atoms with Crippen LogP contribution in [0, 0.1) is 6.92 Å². The van der Waals surface area contributed by atoms with Crippen molar-refractivity contribution in [2.45, 2.75) is 21.7 Å². The van der Waals surface area contributed by atoms with Crippen molar-refractivity contribution in [2.24, 2.45) is 0 Å². The molecule has 0 aliphatic heterocycles. The number of furan rings is 1. The fourth-order valence-electron chi connectivity index (χ4n) is 0.983. The molecule has 0 atom stereocenters. The summed E-state index contributed by atoms with van der Waals surface area (Å²) in [5.41, 5.74) is 0.964. The number of rotatable bonds is 2. The number of aldehydes is 1. The number of aryl methyl sites for hydroxylation is 1. The van der Waals surface area contributed by atoms with Gasteiger partial charge in [0.25, 0.3) is 0 Å². The Morgan fingerprint density at radius 2 is 2.00 bits per heavy atom. The molecular formula is C9H14O2Sn. The Bertz CT molecular complexity index is 294. The molecule has 1 rings (SSSR count). The Kier molecular flexibility index (Phi) is 2.66. The van der Waals surface area contributed by atoms with Crippen LogP contribution in [0.5, 0.6) is 0 Å². The van der Waals surface area contributed by atoms with Gasteiger partial charge >= 0.3 is 76.8 Å². The number of carbonyl (C=O) groups is 1. The molecule has 0 unspecified atom stereocenters. The first-order valence-electron chi connectivity index (χ1n) is 4.01. The first-order chi connectivity index (χ1) is 5.45. The van der Waals surface area contributed by atoms with E-state index in [1.54, 1.807) is 0 Å². The molecule has 2 nitrogen and oxygen atoms in total. The molecule has 0 N–H and O–H groups in total. The summed E-state index contributed by atoms with van der Waals surface area (Å²) < 4.78 is 6.53. The zero-order chi connectivity index (χ0) is 9.35. The third kappa shape index (κ3) is 1.91. The molecule has 0 amide bonds. The normalized spacial score (nSPS) is 11.7. The van der Waals surface area contributed by atoms with Crippen molar-refractivity contribution in [3.05, 3.63) is 17.4 Å². The molecule has 66 valence electrons. The minimum absolute atomic E-state index is 0.497. The van der Waals surface area contributed by atoms with Crippen molar-refractivity contribution in [1.29, 1.82) is 0 Å². The first kappa shape index (κ1) is 9.83. The van der Waals surface area contributed by atoms with E-state index >= 15 is 0 Å². The second kappa shape index (κ2) is 3.24. The van der Waals surface area contributed by atoms with Crippen LogP contribution in [-0.4, -0.2) is 24.7 Å². The van der Waals surface area contributed by atoms with Gasteiger partial charge < -0.3 is 0 Å². The van der Waals surface area contributed by atoms with Crippen molar-refractivity contribution < 1.29 is 9.21 Å². The van der Waals surface area contributed by atoms with Gasteiger partial charge in [-0.1, -0.05) is 0 Å². The van der Waals surface area contributed by atoms with Gasteiger partial charge in [-0.3, -0.25) is 0 Å². The molecule has 0 aliphatic rings. The summed E-state index contributed by atoms with van der Waals surface area (Å²) in [6.45, 7) is 1.91. The van der Waals surface area contributed by atoms with E-state index in [4.69, 9.17) is 4.42 Å². The van der Waals surface area contributed by atoms with Crippen LogP contribution in [0.2, 0.25) is 14.8 Å². The first-order valence-corrected chi connectivity index (χ1v) is 14.0. The molecule has 0 saturated heterocycles. The molecule has 1 aromatic rings. The Morgan fingerprint density at radius 1 is 1.42 bits per heavy atom. The predicted octanol–water partition coefficient (Wildman–Crippen LogP) is 1.95. The van der Waals surface area contributed by atoms with Crippen LogP contribution >= 0.6 is 0 Å². The molecule has 0 aliphatic carbocycles. The van der Waals surface area contributed by atoms with Gasteiger partial charge in [-0.25, -0.2) is 0 Å². The van der Waals surface area contributed by atoms with Gasteiger partial charge in [0.15, 0.2) is 0 Å². The Balaban J connectivity index is 3.13. The van der Waals surface area contributed by atoms with Gasteiger partial charge in [-0.15, -0.1) is 0 Å². The van der Waals surface area contributed by atoms with E-state index < -0.39 is 18.4 Å². The van der Waals surface area contributed by atoms with Gasteiger partial charge in [-0.05, 0) is 0 Å². The molecule has 1 heterocycles. The molecule has 0 aromatic carbocycles. The monoisotopic (exact) mass is 274 g/mol. The molecule has 0 saturated carbocycles. The molecule has 0 bridgehead atoms. The van der Waals surface area contributed by atoms with Crippen LogP contribution in [0.3, 0.4) is 0 Å². The number of hydrogen-bond donors (Lipinski definition) is 0. The molecule has 0 fully saturated rings. The molecule has 1 aromatic heterocycles. The third-order valence-corrected chi connectivity index (χ3v) is 6.73. The van der Waals surface area contributed by atoms with E-state index in [0.29, 0.717) is 5.76 Å². The van der Waals surface area contributed by atoms with Crippen molar-refractivity contribution in [3.8, 4) is 0 Å². The zero-order valence-corrected chi connectivity index (χ0v) is 10.8. The standard InChI is InChI=1S/C6H5O2.3CH3.Sn/c1-5-2-3-8-6(5)4-7;;;;/h2,4H,1H3;3*1H3;. The van der Waals surface area contributed by atoms with E-state index in [1.807, 2.05) is 13.0 Å². The SMILES string of the molecule is Cc1c[c]([Sn]([CH3])([CH3])[CH3])oc1C=O. The van der Waals surface area contributed by atoms with Crippen LogP contribution < -0.4 is 3.78 Å². The van der Waals surface area contributed by atoms with Crippen LogP contribution in [0.25, 0.3) is 0 Å². The topological polar surface area (TPSA) is 30.2 Å². The van der Waals surface area contributed by atoms with Crippen LogP contribution in [-0.2, 0) is 0 Å². The summed E-state index contributed by atoms with van der Waals surface area (Å²) >= 11 is -2.08. The van der Waals surface area contributed by atoms with Crippen LogP contribution in [0.15, 0.2) is 10.5 Å². The Labute approximate surface area is 76.8 Å². The Morgan fingerprint density at radius 3 is 2.25 bits per heavy atom. The Hall–Kier alpha value is -0.251. The van der Waals surface area contributed by atoms with Gasteiger partial charge in [0.1, 0.15) is 0 Å². The van der Waals surface area contributed by atoms with Gasteiger partial charge in [0.05, 0.1) is 0 Å². The van der Waals surface area contributed by atoms with Crippen molar-refractivity contribution >= 4 is 28.4 Å². The number of carbonyl (C=O) groups excluding carboxylic acids is 1. The fraction of sp³-hybridized carbons (Fsp3) is 0.444. The second-order valence-electron chi connectivity index (χ2n) is 4.03. The summed E-state index contributed by atoms with van der Waals surface area (Å²) in [4.78, 5) is 17.3.